The Morgan fingerprint density at radius 2 is 1.84 bits per heavy atom. The molecule has 2 aliphatic heterocycles. The third kappa shape index (κ3) is 5.35. The van der Waals surface area contributed by atoms with Crippen molar-refractivity contribution in [1.29, 1.82) is 0 Å². The summed E-state index contributed by atoms with van der Waals surface area (Å²) < 4.78 is 44.8. The molecule has 11 heteroatoms. The smallest absolute Gasteiger partial charge is 0.406 e. The third-order valence-corrected chi connectivity index (χ3v) is 6.00. The Morgan fingerprint density at radius 1 is 1.16 bits per heavy atom. The Labute approximate surface area is 180 Å². The Kier molecular flexibility index (Phi) is 6.17. The monoisotopic (exact) mass is 454 g/mol. The van der Waals surface area contributed by atoms with Gasteiger partial charge in [0, 0.05) is 50.5 Å². The van der Waals surface area contributed by atoms with Gasteiger partial charge in [-0.1, -0.05) is 0 Å². The number of amides is 1. The fourth-order valence-electron chi connectivity index (χ4n) is 3.90. The molecule has 0 saturated heterocycles. The van der Waals surface area contributed by atoms with E-state index in [-0.39, 0.29) is 30.7 Å². The molecule has 0 fully saturated rings. The minimum Gasteiger partial charge on any atom is -0.406 e. The Morgan fingerprint density at radius 3 is 2.39 bits per heavy atom. The van der Waals surface area contributed by atoms with Crippen molar-refractivity contribution in [3.8, 4) is 5.75 Å². The number of halogens is 3. The first kappa shape index (κ1) is 21.6. The molecule has 1 aromatic carbocycles. The van der Waals surface area contributed by atoms with Crippen LogP contribution in [0.1, 0.15) is 6.42 Å². The molecule has 1 atom stereocenters. The molecule has 2 N–H and O–H groups in total. The largest absolute Gasteiger partial charge is 0.573 e. The van der Waals surface area contributed by atoms with Gasteiger partial charge in [0.05, 0.1) is 6.61 Å². The molecule has 2 aliphatic rings. The van der Waals surface area contributed by atoms with Crippen LogP contribution in [0.2, 0.25) is 0 Å². The van der Waals surface area contributed by atoms with E-state index in [0.717, 1.165) is 5.69 Å². The molecule has 0 aliphatic carbocycles. The highest BCUT2D eigenvalue weighted by Crippen LogP contribution is 2.32. The highest BCUT2D eigenvalue weighted by molar-refractivity contribution is 7.10. The van der Waals surface area contributed by atoms with Crippen LogP contribution in [0.4, 0.5) is 23.9 Å². The van der Waals surface area contributed by atoms with Crippen LogP contribution < -0.4 is 15.0 Å². The topological polar surface area (TPSA) is 77.9 Å². The van der Waals surface area contributed by atoms with Gasteiger partial charge in [-0.3, -0.25) is 9.69 Å². The van der Waals surface area contributed by atoms with Crippen molar-refractivity contribution < 1.29 is 27.8 Å². The predicted molar refractivity (Wildman–Crippen MR) is 110 cm³/mol. The second-order valence-electron chi connectivity index (χ2n) is 7.48. The first-order valence-corrected chi connectivity index (χ1v) is 10.4. The molecule has 7 nitrogen and oxygen atoms in total. The SMILES string of the molecule is O=C(CC(CO)N1CC2=C(CN(c3ccc(OC(F)(F)F)cc3)C2)C1)Nc1ccns1. The Balaban J connectivity index is 1.30. The maximum Gasteiger partial charge on any atom is 0.573 e. The first-order chi connectivity index (χ1) is 14.8. The van der Waals surface area contributed by atoms with Gasteiger partial charge in [-0.05, 0) is 53.0 Å². The normalized spacial score (nSPS) is 17.7. The van der Waals surface area contributed by atoms with Crippen molar-refractivity contribution in [2.45, 2.75) is 18.8 Å². The minimum atomic E-state index is -4.71. The molecular weight excluding hydrogens is 433 g/mol. The van der Waals surface area contributed by atoms with E-state index in [9.17, 15) is 23.1 Å². The summed E-state index contributed by atoms with van der Waals surface area (Å²) in [6.07, 6.45) is -2.91. The van der Waals surface area contributed by atoms with E-state index in [0.29, 0.717) is 31.2 Å². The summed E-state index contributed by atoms with van der Waals surface area (Å²) in [4.78, 5) is 16.4. The number of nitrogens with one attached hydrogen (secondary N) is 1. The molecule has 0 spiro atoms. The number of aromatic nitrogens is 1. The molecule has 0 bridgehead atoms. The van der Waals surface area contributed by atoms with Gasteiger partial charge in [0.2, 0.25) is 5.91 Å². The standard InChI is InChI=1S/C20H21F3N4O3S/c21-20(22,23)30-17-3-1-15(2-4-17)26-8-13-10-27(11-14(13)9-26)16(12-28)7-18(29)25-19-5-6-24-31-19/h1-6,16,28H,7-12H2,(H,25,29). The fourth-order valence-corrected chi connectivity index (χ4v) is 4.42. The lowest BCUT2D eigenvalue weighted by Crippen LogP contribution is -2.41. The number of aliphatic hydroxyl groups excluding tert-OH is 1. The van der Waals surface area contributed by atoms with E-state index in [2.05, 4.69) is 24.2 Å². The number of carbonyl (C=O) groups is 1. The van der Waals surface area contributed by atoms with Crippen molar-refractivity contribution in [2.75, 3.05) is 43.0 Å². The van der Waals surface area contributed by atoms with Crippen LogP contribution in [0.3, 0.4) is 0 Å². The molecule has 1 amide bonds. The van der Waals surface area contributed by atoms with Gasteiger partial charge < -0.3 is 20.1 Å². The molecule has 1 aromatic heterocycles. The maximum absolute atomic E-state index is 12.3. The van der Waals surface area contributed by atoms with Crippen molar-refractivity contribution in [3.63, 3.8) is 0 Å². The second kappa shape index (κ2) is 8.85. The van der Waals surface area contributed by atoms with Gasteiger partial charge in [-0.15, -0.1) is 13.2 Å². The van der Waals surface area contributed by atoms with E-state index < -0.39 is 6.36 Å². The summed E-state index contributed by atoms with van der Waals surface area (Å²) in [5, 5.41) is 13.3. The molecule has 4 rings (SSSR count). The number of benzene rings is 1. The van der Waals surface area contributed by atoms with Crippen LogP contribution in [0.5, 0.6) is 5.75 Å². The lowest BCUT2D eigenvalue weighted by Gasteiger charge is -2.29. The number of aliphatic hydroxyl groups is 1. The Bertz CT molecular complexity index is 930. The summed E-state index contributed by atoms with van der Waals surface area (Å²) in [7, 11) is 0. The number of nitrogens with zero attached hydrogens (tertiary/aromatic N) is 3. The van der Waals surface area contributed by atoms with E-state index in [1.807, 2.05) is 0 Å². The summed E-state index contributed by atoms with van der Waals surface area (Å²) in [6.45, 7) is 2.51. The zero-order valence-electron chi connectivity index (χ0n) is 16.4. The summed E-state index contributed by atoms with van der Waals surface area (Å²) >= 11 is 1.20. The summed E-state index contributed by atoms with van der Waals surface area (Å²) in [6, 6.07) is 7.27. The van der Waals surface area contributed by atoms with Crippen molar-refractivity contribution in [3.05, 3.63) is 47.7 Å². The number of ether oxygens (including phenoxy) is 1. The molecule has 166 valence electrons. The van der Waals surface area contributed by atoms with Crippen LogP contribution in [0.25, 0.3) is 0 Å². The number of hydrogen-bond donors (Lipinski definition) is 2. The van der Waals surface area contributed by atoms with E-state index >= 15 is 0 Å². The molecule has 3 heterocycles. The molecule has 2 aromatic rings. The Hall–Kier alpha value is -2.63. The molecule has 1 unspecified atom stereocenters. The summed E-state index contributed by atoms with van der Waals surface area (Å²) in [5.41, 5.74) is 3.26. The summed E-state index contributed by atoms with van der Waals surface area (Å²) in [5.74, 6) is -0.414. The van der Waals surface area contributed by atoms with Crippen LogP contribution in [-0.2, 0) is 4.79 Å². The average molecular weight is 454 g/mol. The molecule has 0 saturated carbocycles. The highest BCUT2D eigenvalue weighted by atomic mass is 32.1. The van der Waals surface area contributed by atoms with Crippen molar-refractivity contribution in [1.82, 2.24) is 9.27 Å². The van der Waals surface area contributed by atoms with Crippen LogP contribution in [0, 0.1) is 0 Å². The van der Waals surface area contributed by atoms with Crippen LogP contribution >= 0.6 is 11.5 Å². The quantitative estimate of drug-likeness (QED) is 0.627. The molecule has 31 heavy (non-hydrogen) atoms. The highest BCUT2D eigenvalue weighted by Gasteiger charge is 2.34. The number of hydrogen-bond acceptors (Lipinski definition) is 7. The van der Waals surface area contributed by atoms with Crippen molar-refractivity contribution in [2.24, 2.45) is 0 Å². The third-order valence-electron chi connectivity index (χ3n) is 5.34. The van der Waals surface area contributed by atoms with E-state index in [4.69, 9.17) is 0 Å². The van der Waals surface area contributed by atoms with Gasteiger partial charge in [-0.25, -0.2) is 0 Å². The molecule has 0 radical (unpaired) electrons. The number of alkyl halides is 3. The number of anilines is 2. The fraction of sp³-hybridized carbons (Fsp3) is 0.400. The van der Waals surface area contributed by atoms with Crippen LogP contribution in [-0.4, -0.2) is 65.5 Å². The molecular formula is C20H21F3N4O3S. The lowest BCUT2D eigenvalue weighted by molar-refractivity contribution is -0.274. The predicted octanol–water partition coefficient (Wildman–Crippen LogP) is 2.86. The van der Waals surface area contributed by atoms with E-state index in [1.165, 1.54) is 34.8 Å². The maximum atomic E-state index is 12.3. The van der Waals surface area contributed by atoms with Gasteiger partial charge >= 0.3 is 6.36 Å². The zero-order valence-corrected chi connectivity index (χ0v) is 17.2. The minimum absolute atomic E-state index is 0.124. The van der Waals surface area contributed by atoms with Gasteiger partial charge in [0.1, 0.15) is 10.8 Å². The van der Waals surface area contributed by atoms with Crippen molar-refractivity contribution >= 4 is 28.1 Å². The van der Waals surface area contributed by atoms with Gasteiger partial charge in [0.25, 0.3) is 0 Å². The van der Waals surface area contributed by atoms with Crippen LogP contribution in [0.15, 0.2) is 47.7 Å². The second-order valence-corrected chi connectivity index (χ2v) is 8.31. The lowest BCUT2D eigenvalue weighted by atomic mass is 10.1. The zero-order chi connectivity index (χ0) is 22.0. The number of carbonyl (C=O) groups excluding carboxylic acids is 1. The number of rotatable bonds is 7. The first-order valence-electron chi connectivity index (χ1n) is 9.66. The van der Waals surface area contributed by atoms with Gasteiger partial charge in [0.15, 0.2) is 0 Å². The van der Waals surface area contributed by atoms with E-state index in [1.54, 1.807) is 24.4 Å². The van der Waals surface area contributed by atoms with Gasteiger partial charge in [-0.2, -0.15) is 4.37 Å². The average Bonchev–Trinajstić information content (AvgIpc) is 3.42.